The molecule has 0 heterocycles. The number of aryl methyl sites for hydroxylation is 2. The third-order valence-corrected chi connectivity index (χ3v) is 8.00. The van der Waals surface area contributed by atoms with Crippen molar-refractivity contribution < 1.29 is 18.0 Å². The smallest absolute Gasteiger partial charge is 0.244 e. The summed E-state index contributed by atoms with van der Waals surface area (Å²) in [6.45, 7) is 5.93. The summed E-state index contributed by atoms with van der Waals surface area (Å²) in [5.74, 6) is -0.750. The fraction of sp³-hybridized carbons (Fsp3) is 0.355. The molecule has 0 aliphatic rings. The molecule has 3 aromatic carbocycles. The van der Waals surface area contributed by atoms with E-state index in [0.29, 0.717) is 22.8 Å². The maximum absolute atomic E-state index is 14.1. The van der Waals surface area contributed by atoms with E-state index in [1.807, 2.05) is 68.4 Å². The minimum absolute atomic E-state index is 0.149. The van der Waals surface area contributed by atoms with Gasteiger partial charge in [0, 0.05) is 24.5 Å². The van der Waals surface area contributed by atoms with E-state index in [2.05, 4.69) is 5.32 Å². The van der Waals surface area contributed by atoms with Gasteiger partial charge in [-0.15, -0.1) is 0 Å². The van der Waals surface area contributed by atoms with Crippen LogP contribution in [0.1, 0.15) is 42.0 Å². The maximum Gasteiger partial charge on any atom is 0.244 e. The van der Waals surface area contributed by atoms with Crippen LogP contribution in [-0.2, 0) is 32.6 Å². The normalized spacial score (nSPS) is 12.0. The number of halogens is 1. The molecule has 2 amide bonds. The van der Waals surface area contributed by atoms with Gasteiger partial charge >= 0.3 is 0 Å². The Bertz CT molecular complexity index is 1410. The van der Waals surface area contributed by atoms with Gasteiger partial charge in [-0.2, -0.15) is 0 Å². The van der Waals surface area contributed by atoms with Gasteiger partial charge in [0.1, 0.15) is 12.6 Å². The van der Waals surface area contributed by atoms with Crippen molar-refractivity contribution in [3.8, 4) is 0 Å². The first-order valence-electron chi connectivity index (χ1n) is 13.4. The molecule has 0 bridgehead atoms. The Morgan fingerprint density at radius 3 is 2.27 bits per heavy atom. The van der Waals surface area contributed by atoms with Crippen molar-refractivity contribution in [3.05, 3.63) is 100 Å². The number of hydrogen-bond donors (Lipinski definition) is 1. The zero-order valence-electron chi connectivity index (χ0n) is 23.6. The standard InChI is InChI=1S/C31H38ClN3O4S/c1-5-6-17-33-31(37)29(20-25-12-8-7-9-13-25)34(21-26-14-10-11-23(2)18-26)30(36)22-35(40(4,38)39)28-16-15-27(32)19-24(28)3/h7-16,18-19,29H,5-6,17,20-22H2,1-4H3,(H,33,37)/t29-/m1/s1. The first kappa shape index (κ1) is 31.2. The van der Waals surface area contributed by atoms with E-state index in [0.717, 1.165) is 40.1 Å². The molecule has 1 atom stereocenters. The van der Waals surface area contributed by atoms with E-state index in [-0.39, 0.29) is 18.9 Å². The molecule has 0 radical (unpaired) electrons. The molecule has 0 saturated heterocycles. The summed E-state index contributed by atoms with van der Waals surface area (Å²) in [5.41, 5.74) is 3.75. The molecule has 0 aliphatic heterocycles. The molecule has 3 aromatic rings. The first-order chi connectivity index (χ1) is 19.0. The number of carbonyl (C=O) groups is 2. The Morgan fingerprint density at radius 1 is 0.950 bits per heavy atom. The third kappa shape index (κ3) is 8.83. The average Bonchev–Trinajstić information content (AvgIpc) is 2.89. The number of nitrogens with one attached hydrogen (secondary N) is 1. The van der Waals surface area contributed by atoms with E-state index in [9.17, 15) is 18.0 Å². The second-order valence-corrected chi connectivity index (χ2v) is 12.4. The Balaban J connectivity index is 2.05. The second-order valence-electron chi connectivity index (χ2n) is 10.1. The van der Waals surface area contributed by atoms with E-state index < -0.39 is 28.5 Å². The Labute approximate surface area is 243 Å². The van der Waals surface area contributed by atoms with Crippen LogP contribution in [0.15, 0.2) is 72.8 Å². The molecule has 0 unspecified atom stereocenters. The molecule has 9 heteroatoms. The summed E-state index contributed by atoms with van der Waals surface area (Å²) < 4.78 is 27.0. The summed E-state index contributed by atoms with van der Waals surface area (Å²) in [4.78, 5) is 29.2. The van der Waals surface area contributed by atoms with Crippen LogP contribution in [0.25, 0.3) is 0 Å². The summed E-state index contributed by atoms with van der Waals surface area (Å²) in [6.07, 6.45) is 3.08. The van der Waals surface area contributed by atoms with Crippen molar-refractivity contribution in [2.75, 3.05) is 23.7 Å². The highest BCUT2D eigenvalue weighted by Crippen LogP contribution is 2.26. The van der Waals surface area contributed by atoms with Gasteiger partial charge in [0.05, 0.1) is 11.9 Å². The second kappa shape index (κ2) is 14.3. The zero-order valence-corrected chi connectivity index (χ0v) is 25.1. The maximum atomic E-state index is 14.1. The number of amides is 2. The number of nitrogens with zero attached hydrogens (tertiary/aromatic N) is 2. The highest BCUT2D eigenvalue weighted by molar-refractivity contribution is 7.92. The molecular weight excluding hydrogens is 546 g/mol. The Morgan fingerprint density at radius 2 is 1.65 bits per heavy atom. The molecule has 0 saturated carbocycles. The van der Waals surface area contributed by atoms with Crippen molar-refractivity contribution in [3.63, 3.8) is 0 Å². The van der Waals surface area contributed by atoms with Crippen LogP contribution in [0.5, 0.6) is 0 Å². The lowest BCUT2D eigenvalue weighted by atomic mass is 10.0. The number of carbonyl (C=O) groups excluding carboxylic acids is 2. The molecule has 214 valence electrons. The minimum Gasteiger partial charge on any atom is -0.354 e. The van der Waals surface area contributed by atoms with Gasteiger partial charge < -0.3 is 10.2 Å². The van der Waals surface area contributed by atoms with Crippen LogP contribution in [0.2, 0.25) is 5.02 Å². The number of hydrogen-bond acceptors (Lipinski definition) is 4. The van der Waals surface area contributed by atoms with E-state index in [4.69, 9.17) is 11.6 Å². The third-order valence-electron chi connectivity index (χ3n) is 6.64. The first-order valence-corrected chi connectivity index (χ1v) is 15.6. The Hall–Kier alpha value is -3.36. The number of anilines is 1. The summed E-state index contributed by atoms with van der Waals surface area (Å²) >= 11 is 6.11. The van der Waals surface area contributed by atoms with Crippen LogP contribution in [0.4, 0.5) is 5.69 Å². The van der Waals surface area contributed by atoms with Crippen LogP contribution in [0, 0.1) is 13.8 Å². The highest BCUT2D eigenvalue weighted by Gasteiger charge is 2.33. The minimum atomic E-state index is -3.84. The molecule has 7 nitrogen and oxygen atoms in total. The van der Waals surface area contributed by atoms with E-state index in [1.165, 1.54) is 4.90 Å². The summed E-state index contributed by atoms with van der Waals surface area (Å²) in [7, 11) is -3.84. The van der Waals surface area contributed by atoms with Gasteiger partial charge in [0.25, 0.3) is 0 Å². The Kier molecular flexibility index (Phi) is 11.2. The highest BCUT2D eigenvalue weighted by atomic mass is 35.5. The van der Waals surface area contributed by atoms with Gasteiger partial charge in [-0.1, -0.05) is 85.1 Å². The lowest BCUT2D eigenvalue weighted by Crippen LogP contribution is -2.53. The van der Waals surface area contributed by atoms with Crippen LogP contribution < -0.4 is 9.62 Å². The van der Waals surface area contributed by atoms with Gasteiger partial charge in [-0.25, -0.2) is 8.42 Å². The predicted molar refractivity (Wildman–Crippen MR) is 162 cm³/mol. The molecule has 0 spiro atoms. The van der Waals surface area contributed by atoms with Gasteiger partial charge in [-0.3, -0.25) is 13.9 Å². The van der Waals surface area contributed by atoms with Crippen molar-refractivity contribution >= 4 is 39.1 Å². The molecule has 40 heavy (non-hydrogen) atoms. The topological polar surface area (TPSA) is 86.8 Å². The quantitative estimate of drug-likeness (QED) is 0.277. The van der Waals surface area contributed by atoms with Gasteiger partial charge in [0.15, 0.2) is 0 Å². The summed E-state index contributed by atoms with van der Waals surface area (Å²) in [6, 6.07) is 21.2. The molecule has 3 rings (SSSR count). The monoisotopic (exact) mass is 583 g/mol. The number of unbranched alkanes of at least 4 members (excludes halogenated alkanes) is 1. The lowest BCUT2D eigenvalue weighted by molar-refractivity contribution is -0.140. The SMILES string of the molecule is CCCCNC(=O)[C@@H](Cc1ccccc1)N(Cc1cccc(C)c1)C(=O)CN(c1ccc(Cl)cc1C)S(C)(=O)=O. The average molecular weight is 584 g/mol. The fourth-order valence-electron chi connectivity index (χ4n) is 4.56. The fourth-order valence-corrected chi connectivity index (χ4v) is 5.69. The largest absolute Gasteiger partial charge is 0.354 e. The zero-order chi connectivity index (χ0) is 29.3. The van der Waals surface area contributed by atoms with Crippen molar-refractivity contribution in [2.24, 2.45) is 0 Å². The predicted octanol–water partition coefficient (Wildman–Crippen LogP) is 5.28. The molecule has 1 N–H and O–H groups in total. The van der Waals surface area contributed by atoms with Crippen LogP contribution in [-0.4, -0.2) is 50.5 Å². The van der Waals surface area contributed by atoms with Crippen LogP contribution >= 0.6 is 11.6 Å². The lowest BCUT2D eigenvalue weighted by Gasteiger charge is -2.34. The number of benzene rings is 3. The molecule has 0 aromatic heterocycles. The van der Waals surface area contributed by atoms with Crippen LogP contribution in [0.3, 0.4) is 0 Å². The van der Waals surface area contributed by atoms with Crippen molar-refractivity contribution in [1.29, 1.82) is 0 Å². The van der Waals surface area contributed by atoms with Gasteiger partial charge in [0.2, 0.25) is 21.8 Å². The van der Waals surface area contributed by atoms with E-state index >= 15 is 0 Å². The van der Waals surface area contributed by atoms with E-state index in [1.54, 1.807) is 25.1 Å². The van der Waals surface area contributed by atoms with Crippen molar-refractivity contribution in [2.45, 2.75) is 52.6 Å². The summed E-state index contributed by atoms with van der Waals surface area (Å²) in [5, 5.41) is 3.45. The molecule has 0 aliphatic carbocycles. The number of sulfonamides is 1. The van der Waals surface area contributed by atoms with Crippen molar-refractivity contribution in [1.82, 2.24) is 10.2 Å². The molecular formula is C31H38ClN3O4S. The van der Waals surface area contributed by atoms with Gasteiger partial charge in [-0.05, 0) is 55.2 Å². The number of rotatable bonds is 13. The molecule has 0 fully saturated rings.